The van der Waals surface area contributed by atoms with Gasteiger partial charge >= 0.3 is 5.76 Å². The van der Waals surface area contributed by atoms with Gasteiger partial charge in [0.25, 0.3) is 0 Å². The Labute approximate surface area is 64.3 Å². The summed E-state index contributed by atoms with van der Waals surface area (Å²) in [6.07, 6.45) is 0. The fourth-order valence-corrected chi connectivity index (χ4v) is 0.868. The van der Waals surface area contributed by atoms with E-state index in [0.717, 1.165) is 5.57 Å². The zero-order chi connectivity index (χ0) is 8.59. The number of oxazole rings is 1. The summed E-state index contributed by atoms with van der Waals surface area (Å²) in [4.78, 5) is 10.9. The third-order valence-electron chi connectivity index (χ3n) is 1.58. The van der Waals surface area contributed by atoms with Crippen molar-refractivity contribution >= 4 is 12.2 Å². The molecule has 0 aliphatic heterocycles. The van der Waals surface area contributed by atoms with E-state index in [0.29, 0.717) is 10.8 Å². The maximum Gasteiger partial charge on any atom is 0.419 e. The summed E-state index contributed by atoms with van der Waals surface area (Å²) in [6.45, 7) is 7.47. The Hall–Kier alpha value is -1.25. The molecule has 0 bridgehead atoms. The van der Waals surface area contributed by atoms with Crippen molar-refractivity contribution in [3.63, 3.8) is 0 Å². The molecule has 3 heteroatoms. The fourth-order valence-electron chi connectivity index (χ4n) is 0.868. The second-order valence-electron chi connectivity index (χ2n) is 2.70. The predicted octanol–water partition coefficient (Wildman–Crippen LogP) is -0.421. The molecule has 0 radical (unpaired) electrons. The van der Waals surface area contributed by atoms with Crippen LogP contribution in [0.15, 0.2) is 9.21 Å². The minimum Gasteiger partial charge on any atom is -0.408 e. The summed E-state index contributed by atoms with van der Waals surface area (Å²) in [6, 6.07) is 0. The standard InChI is InChI=1S/C8H11NO2/c1-5(2)7-6(3)9(4)8(10)11-7/h3H2,1-2,4H3. The second-order valence-corrected chi connectivity index (χ2v) is 2.70. The fraction of sp³-hybridized carbons (Fsp3) is 0.375. The van der Waals surface area contributed by atoms with Crippen molar-refractivity contribution < 1.29 is 4.42 Å². The van der Waals surface area contributed by atoms with Gasteiger partial charge in [-0.25, -0.2) is 4.79 Å². The Morgan fingerprint density at radius 3 is 2.27 bits per heavy atom. The van der Waals surface area contributed by atoms with Crippen LogP contribution in [0.5, 0.6) is 0 Å². The molecule has 0 saturated carbocycles. The highest BCUT2D eigenvalue weighted by atomic mass is 16.4. The number of aromatic nitrogens is 1. The van der Waals surface area contributed by atoms with E-state index in [1.54, 1.807) is 7.05 Å². The Balaban J connectivity index is 3.85. The molecule has 0 unspecified atom stereocenters. The van der Waals surface area contributed by atoms with Crippen LogP contribution in [0.4, 0.5) is 0 Å². The van der Waals surface area contributed by atoms with Gasteiger partial charge < -0.3 is 4.42 Å². The van der Waals surface area contributed by atoms with Crippen molar-refractivity contribution in [3.05, 3.63) is 21.3 Å². The monoisotopic (exact) mass is 153 g/mol. The largest absolute Gasteiger partial charge is 0.419 e. The van der Waals surface area contributed by atoms with Gasteiger partial charge in [0.2, 0.25) is 0 Å². The Kier molecular flexibility index (Phi) is 1.72. The van der Waals surface area contributed by atoms with Crippen molar-refractivity contribution in [2.75, 3.05) is 0 Å². The van der Waals surface area contributed by atoms with E-state index in [4.69, 9.17) is 4.42 Å². The summed E-state index contributed by atoms with van der Waals surface area (Å²) in [5, 5.41) is 0.634. The highest BCUT2D eigenvalue weighted by Gasteiger charge is 1.98. The van der Waals surface area contributed by atoms with E-state index in [1.807, 2.05) is 13.8 Å². The molecule has 1 rings (SSSR count). The Morgan fingerprint density at radius 2 is 2.09 bits per heavy atom. The molecule has 0 saturated heterocycles. The van der Waals surface area contributed by atoms with Crippen LogP contribution in [-0.4, -0.2) is 4.57 Å². The van der Waals surface area contributed by atoms with E-state index in [9.17, 15) is 4.79 Å². The highest BCUT2D eigenvalue weighted by molar-refractivity contribution is 5.34. The first-order chi connectivity index (χ1) is 5.04. The first-order valence-electron chi connectivity index (χ1n) is 3.36. The Morgan fingerprint density at radius 1 is 1.55 bits per heavy atom. The molecular weight excluding hydrogens is 142 g/mol. The Bertz CT molecular complexity index is 418. The molecule has 1 heterocycles. The molecule has 0 aromatic carbocycles. The molecule has 60 valence electrons. The molecule has 0 aliphatic carbocycles. The zero-order valence-corrected chi connectivity index (χ0v) is 6.97. The molecule has 3 nitrogen and oxygen atoms in total. The summed E-state index contributed by atoms with van der Waals surface area (Å²) in [5.41, 5.74) is 1.56. The van der Waals surface area contributed by atoms with E-state index >= 15 is 0 Å². The van der Waals surface area contributed by atoms with Crippen LogP contribution in [0.25, 0.3) is 12.2 Å². The van der Waals surface area contributed by atoms with Crippen molar-refractivity contribution in [2.24, 2.45) is 7.05 Å². The van der Waals surface area contributed by atoms with Gasteiger partial charge in [-0.1, -0.05) is 6.58 Å². The lowest BCUT2D eigenvalue weighted by molar-refractivity contribution is 0.468. The van der Waals surface area contributed by atoms with E-state index < -0.39 is 0 Å². The third-order valence-corrected chi connectivity index (χ3v) is 1.58. The molecule has 1 aromatic heterocycles. The zero-order valence-electron chi connectivity index (χ0n) is 6.97. The van der Waals surface area contributed by atoms with Gasteiger partial charge in [-0.2, -0.15) is 0 Å². The average Bonchev–Trinajstić information content (AvgIpc) is 2.17. The van der Waals surface area contributed by atoms with Crippen LogP contribution in [0.2, 0.25) is 0 Å². The van der Waals surface area contributed by atoms with E-state index in [2.05, 4.69) is 6.58 Å². The van der Waals surface area contributed by atoms with Crippen molar-refractivity contribution in [3.8, 4) is 0 Å². The summed E-state index contributed by atoms with van der Waals surface area (Å²) in [5.74, 6) is -0.355. The van der Waals surface area contributed by atoms with E-state index in [-0.39, 0.29) is 5.76 Å². The van der Waals surface area contributed by atoms with Gasteiger partial charge in [0.1, 0.15) is 0 Å². The van der Waals surface area contributed by atoms with Gasteiger partial charge in [0.05, 0.1) is 5.35 Å². The lowest BCUT2D eigenvalue weighted by atomic mass is 10.3. The number of nitrogens with zero attached hydrogens (tertiary/aromatic N) is 1. The summed E-state index contributed by atoms with van der Waals surface area (Å²) in [7, 11) is 1.64. The van der Waals surface area contributed by atoms with Crippen LogP contribution < -0.4 is 16.5 Å². The molecule has 0 amide bonds. The lowest BCUT2D eigenvalue weighted by Gasteiger charge is -1.82. The summed E-state index contributed by atoms with van der Waals surface area (Å²) < 4.78 is 6.31. The normalized spacial score (nSPS) is 10.1. The lowest BCUT2D eigenvalue weighted by Crippen LogP contribution is -2.28. The number of hydrogen-bond donors (Lipinski definition) is 0. The molecule has 0 N–H and O–H groups in total. The van der Waals surface area contributed by atoms with Crippen LogP contribution in [-0.2, 0) is 7.05 Å². The topological polar surface area (TPSA) is 35.1 Å². The van der Waals surface area contributed by atoms with Gasteiger partial charge in [0.15, 0.2) is 5.42 Å². The van der Waals surface area contributed by atoms with Crippen LogP contribution in [0, 0.1) is 0 Å². The number of rotatable bonds is 0. The average molecular weight is 153 g/mol. The van der Waals surface area contributed by atoms with Crippen LogP contribution in [0.3, 0.4) is 0 Å². The van der Waals surface area contributed by atoms with Gasteiger partial charge in [-0.05, 0) is 19.4 Å². The maximum absolute atomic E-state index is 10.9. The minimum absolute atomic E-state index is 0.355. The molecule has 11 heavy (non-hydrogen) atoms. The first kappa shape index (κ1) is 7.85. The summed E-state index contributed by atoms with van der Waals surface area (Å²) >= 11 is 0. The smallest absolute Gasteiger partial charge is 0.408 e. The molecule has 0 atom stereocenters. The SMILES string of the molecule is C=c1c(=C(C)C)oc(=O)n1C. The first-order valence-corrected chi connectivity index (χ1v) is 3.36. The number of hydrogen-bond acceptors (Lipinski definition) is 2. The molecule has 0 fully saturated rings. The quantitative estimate of drug-likeness (QED) is 0.507. The molecule has 0 aliphatic rings. The van der Waals surface area contributed by atoms with E-state index in [1.165, 1.54) is 4.57 Å². The van der Waals surface area contributed by atoms with Gasteiger partial charge in [-0.15, -0.1) is 0 Å². The van der Waals surface area contributed by atoms with Crippen LogP contribution in [0.1, 0.15) is 13.8 Å². The van der Waals surface area contributed by atoms with Crippen molar-refractivity contribution in [2.45, 2.75) is 13.8 Å². The second kappa shape index (κ2) is 2.42. The van der Waals surface area contributed by atoms with Gasteiger partial charge in [0, 0.05) is 7.05 Å². The molecular formula is C8H11NO2. The molecule has 1 aromatic rings. The molecule has 0 spiro atoms. The van der Waals surface area contributed by atoms with Crippen molar-refractivity contribution in [1.82, 2.24) is 4.57 Å². The van der Waals surface area contributed by atoms with Gasteiger partial charge in [-0.3, -0.25) is 4.57 Å². The predicted molar refractivity (Wildman–Crippen MR) is 43.5 cm³/mol. The maximum atomic E-state index is 10.9. The third kappa shape index (κ3) is 1.13. The minimum atomic E-state index is -0.355. The van der Waals surface area contributed by atoms with Crippen LogP contribution >= 0.6 is 0 Å². The van der Waals surface area contributed by atoms with Crippen molar-refractivity contribution in [1.29, 1.82) is 0 Å². The highest BCUT2D eigenvalue weighted by Crippen LogP contribution is 1.80.